The summed E-state index contributed by atoms with van der Waals surface area (Å²) >= 11 is 0. The highest BCUT2D eigenvalue weighted by Gasteiger charge is 2.54. The van der Waals surface area contributed by atoms with Crippen LogP contribution in [-0.2, 0) is 0 Å². The van der Waals surface area contributed by atoms with Crippen LogP contribution >= 0.6 is 0 Å². The van der Waals surface area contributed by atoms with Crippen LogP contribution < -0.4 is 5.73 Å². The minimum atomic E-state index is -0.165. The minimum Gasteiger partial charge on any atom is -0.393 e. The molecular formula is C11H13N5O. The second-order valence-electron chi connectivity index (χ2n) is 5.02. The van der Waals surface area contributed by atoms with Crippen LogP contribution in [0.15, 0.2) is 12.7 Å². The summed E-state index contributed by atoms with van der Waals surface area (Å²) < 4.78 is 2.05. The van der Waals surface area contributed by atoms with Crippen molar-refractivity contribution in [1.29, 1.82) is 0 Å². The maximum absolute atomic E-state index is 9.84. The Morgan fingerprint density at radius 1 is 1.24 bits per heavy atom. The van der Waals surface area contributed by atoms with E-state index in [1.165, 1.54) is 6.33 Å². The third-order valence-corrected chi connectivity index (χ3v) is 4.11. The van der Waals surface area contributed by atoms with E-state index in [0.29, 0.717) is 29.2 Å². The summed E-state index contributed by atoms with van der Waals surface area (Å²) in [6.07, 6.45) is 4.98. The third-order valence-electron chi connectivity index (χ3n) is 4.11. The lowest BCUT2D eigenvalue weighted by molar-refractivity contribution is 0.152. The normalized spacial score (nSPS) is 35.1. The van der Waals surface area contributed by atoms with Gasteiger partial charge in [-0.15, -0.1) is 0 Å². The standard InChI is InChI=1S/C11H13N5O/c12-10-9-11(14-3-13-10)16(4-15-9)7-2-8(17)6-1-5(6)7/h3-8,17H,1-2H2,(H2,12,13,14)/t5-,6-,7-,8-/m0/s1. The number of nitrogen functional groups attached to an aromatic ring is 1. The zero-order valence-corrected chi connectivity index (χ0v) is 9.19. The fourth-order valence-electron chi connectivity index (χ4n) is 3.15. The zero-order valence-electron chi connectivity index (χ0n) is 9.19. The van der Waals surface area contributed by atoms with Crippen molar-refractivity contribution in [1.82, 2.24) is 19.5 Å². The maximum Gasteiger partial charge on any atom is 0.165 e. The SMILES string of the molecule is Nc1ncnc2c1ncn2[C@H]1C[C@H](O)[C@H]2C[C@@H]21. The van der Waals surface area contributed by atoms with Crippen LogP contribution in [-0.4, -0.2) is 30.7 Å². The van der Waals surface area contributed by atoms with E-state index < -0.39 is 0 Å². The molecule has 6 nitrogen and oxygen atoms in total. The number of fused-ring (bicyclic) bond motifs is 2. The van der Waals surface area contributed by atoms with Crippen molar-refractivity contribution < 1.29 is 5.11 Å². The number of aliphatic hydroxyl groups is 1. The second-order valence-corrected chi connectivity index (χ2v) is 5.02. The van der Waals surface area contributed by atoms with E-state index in [1.54, 1.807) is 6.33 Å². The molecule has 2 saturated carbocycles. The third kappa shape index (κ3) is 1.16. The number of imidazole rings is 1. The minimum absolute atomic E-state index is 0.165. The first-order valence-electron chi connectivity index (χ1n) is 5.87. The van der Waals surface area contributed by atoms with Gasteiger partial charge in [-0.2, -0.15) is 0 Å². The molecule has 2 aliphatic rings. The average Bonchev–Trinajstić information content (AvgIpc) is 2.89. The van der Waals surface area contributed by atoms with E-state index in [2.05, 4.69) is 15.0 Å². The van der Waals surface area contributed by atoms with Gasteiger partial charge >= 0.3 is 0 Å². The maximum atomic E-state index is 9.84. The number of aliphatic hydroxyl groups excluding tert-OH is 1. The Morgan fingerprint density at radius 3 is 2.82 bits per heavy atom. The summed E-state index contributed by atoms with van der Waals surface area (Å²) in [5, 5.41) is 9.84. The Bertz CT molecular complexity index is 595. The van der Waals surface area contributed by atoms with Crippen LogP contribution in [0, 0.1) is 11.8 Å². The van der Waals surface area contributed by atoms with Gasteiger partial charge in [-0.25, -0.2) is 15.0 Å². The Morgan fingerprint density at radius 2 is 2.12 bits per heavy atom. The van der Waals surface area contributed by atoms with Gasteiger partial charge in [0.15, 0.2) is 11.5 Å². The summed E-state index contributed by atoms with van der Waals surface area (Å²) in [5.41, 5.74) is 7.20. The molecule has 4 rings (SSSR count). The summed E-state index contributed by atoms with van der Waals surface area (Å²) in [6, 6.07) is 0.314. The Balaban J connectivity index is 1.84. The van der Waals surface area contributed by atoms with Crippen molar-refractivity contribution in [3.05, 3.63) is 12.7 Å². The molecule has 6 heteroatoms. The molecule has 0 unspecified atom stereocenters. The smallest absolute Gasteiger partial charge is 0.165 e. The molecule has 2 aromatic heterocycles. The molecule has 2 fully saturated rings. The number of rotatable bonds is 1. The molecule has 0 aromatic carbocycles. The molecule has 0 spiro atoms. The molecule has 3 N–H and O–H groups in total. The van der Waals surface area contributed by atoms with E-state index in [-0.39, 0.29) is 6.10 Å². The number of nitrogens with two attached hydrogens (primary N) is 1. The van der Waals surface area contributed by atoms with Crippen molar-refractivity contribution in [2.24, 2.45) is 11.8 Å². The Hall–Kier alpha value is -1.69. The molecule has 0 bridgehead atoms. The fourth-order valence-corrected chi connectivity index (χ4v) is 3.15. The van der Waals surface area contributed by atoms with Crippen LogP contribution in [0.5, 0.6) is 0 Å². The molecule has 2 aromatic rings. The first kappa shape index (κ1) is 9.35. The lowest BCUT2D eigenvalue weighted by Gasteiger charge is -2.15. The van der Waals surface area contributed by atoms with Crippen molar-refractivity contribution >= 4 is 17.0 Å². The lowest BCUT2D eigenvalue weighted by Crippen LogP contribution is -2.12. The highest BCUT2D eigenvalue weighted by Crippen LogP contribution is 2.57. The summed E-state index contributed by atoms with van der Waals surface area (Å²) in [5.74, 6) is 1.48. The van der Waals surface area contributed by atoms with Gasteiger partial charge in [-0.1, -0.05) is 0 Å². The molecule has 88 valence electrons. The Kier molecular flexibility index (Phi) is 1.62. The largest absolute Gasteiger partial charge is 0.393 e. The fraction of sp³-hybridized carbons (Fsp3) is 0.545. The first-order valence-corrected chi connectivity index (χ1v) is 5.87. The van der Waals surface area contributed by atoms with Gasteiger partial charge in [0.2, 0.25) is 0 Å². The van der Waals surface area contributed by atoms with Gasteiger partial charge in [0, 0.05) is 6.04 Å². The molecule has 17 heavy (non-hydrogen) atoms. The van der Waals surface area contributed by atoms with Crippen LogP contribution in [0.1, 0.15) is 18.9 Å². The monoisotopic (exact) mass is 231 g/mol. The van der Waals surface area contributed by atoms with Crippen LogP contribution in [0.3, 0.4) is 0 Å². The lowest BCUT2D eigenvalue weighted by atomic mass is 10.1. The van der Waals surface area contributed by atoms with Crippen LogP contribution in [0.25, 0.3) is 11.2 Å². The van der Waals surface area contributed by atoms with Crippen molar-refractivity contribution in [2.45, 2.75) is 25.0 Å². The van der Waals surface area contributed by atoms with Crippen LogP contribution in [0.2, 0.25) is 0 Å². The molecular weight excluding hydrogens is 218 g/mol. The van der Waals surface area contributed by atoms with Crippen molar-refractivity contribution in [3.8, 4) is 0 Å². The van der Waals surface area contributed by atoms with Gasteiger partial charge in [0.05, 0.1) is 12.4 Å². The zero-order chi connectivity index (χ0) is 11.6. The van der Waals surface area contributed by atoms with Crippen molar-refractivity contribution in [3.63, 3.8) is 0 Å². The number of aromatic nitrogens is 4. The second kappa shape index (κ2) is 2.95. The molecule has 0 aliphatic heterocycles. The van der Waals surface area contributed by atoms with E-state index in [0.717, 1.165) is 18.5 Å². The highest BCUT2D eigenvalue weighted by atomic mass is 16.3. The summed E-state index contributed by atoms with van der Waals surface area (Å²) in [4.78, 5) is 12.5. The number of anilines is 1. The molecule has 0 amide bonds. The first-order chi connectivity index (χ1) is 8.25. The van der Waals surface area contributed by atoms with Crippen LogP contribution in [0.4, 0.5) is 5.82 Å². The predicted octanol–water partition coefficient (Wildman–Crippen LogP) is 0.350. The van der Waals surface area contributed by atoms with Gasteiger partial charge in [-0.05, 0) is 24.7 Å². The van der Waals surface area contributed by atoms with Gasteiger partial charge in [-0.3, -0.25) is 0 Å². The molecule has 2 aliphatic carbocycles. The van der Waals surface area contributed by atoms with E-state index in [4.69, 9.17) is 5.73 Å². The predicted molar refractivity (Wildman–Crippen MR) is 61.0 cm³/mol. The van der Waals surface area contributed by atoms with E-state index in [1.807, 2.05) is 4.57 Å². The average molecular weight is 231 g/mol. The molecule has 0 saturated heterocycles. The Labute approximate surface area is 97.5 Å². The number of hydrogen-bond donors (Lipinski definition) is 2. The number of hydrogen-bond acceptors (Lipinski definition) is 5. The molecule has 4 atom stereocenters. The summed E-state index contributed by atoms with van der Waals surface area (Å²) in [7, 11) is 0. The molecule has 0 radical (unpaired) electrons. The number of nitrogens with zero attached hydrogens (tertiary/aromatic N) is 4. The topological polar surface area (TPSA) is 89.9 Å². The summed E-state index contributed by atoms with van der Waals surface area (Å²) in [6.45, 7) is 0. The molecule has 2 heterocycles. The van der Waals surface area contributed by atoms with Gasteiger partial charge in [0.1, 0.15) is 11.8 Å². The van der Waals surface area contributed by atoms with Gasteiger partial charge < -0.3 is 15.4 Å². The van der Waals surface area contributed by atoms with Gasteiger partial charge in [0.25, 0.3) is 0 Å². The van der Waals surface area contributed by atoms with Crippen molar-refractivity contribution in [2.75, 3.05) is 5.73 Å². The highest BCUT2D eigenvalue weighted by molar-refractivity contribution is 5.81. The quantitative estimate of drug-likeness (QED) is 0.739. The van der Waals surface area contributed by atoms with E-state index in [9.17, 15) is 5.11 Å². The van der Waals surface area contributed by atoms with E-state index >= 15 is 0 Å².